The summed E-state index contributed by atoms with van der Waals surface area (Å²) in [5, 5.41) is 18.6. The fourth-order valence-electron chi connectivity index (χ4n) is 6.31. The summed E-state index contributed by atoms with van der Waals surface area (Å²) in [6, 6.07) is 6.32. The molecule has 5 aliphatic rings. The second-order valence-corrected chi connectivity index (χ2v) is 10.9. The summed E-state index contributed by atoms with van der Waals surface area (Å²) in [5.74, 6) is 0.883. The van der Waals surface area contributed by atoms with E-state index >= 15 is 0 Å². The van der Waals surface area contributed by atoms with E-state index in [0.29, 0.717) is 19.7 Å². The van der Waals surface area contributed by atoms with Crippen LogP contribution in [0, 0.1) is 5.92 Å². The van der Waals surface area contributed by atoms with Crippen LogP contribution in [0.25, 0.3) is 0 Å². The molecular weight excluding hydrogens is 484 g/mol. The topological polar surface area (TPSA) is 96.6 Å². The molecular formula is C27H42N8O3. The molecule has 0 aromatic heterocycles. The number of piperazine rings is 1. The smallest absolute Gasteiger partial charge is 0.244 e. The van der Waals surface area contributed by atoms with Crippen LogP contribution in [-0.2, 0) is 9.53 Å². The number of nitrogens with one attached hydrogen (secondary N) is 4. The van der Waals surface area contributed by atoms with Crippen molar-refractivity contribution in [1.82, 2.24) is 30.9 Å². The normalized spacial score (nSPS) is 33.7. The predicted molar refractivity (Wildman–Crippen MR) is 146 cm³/mol. The van der Waals surface area contributed by atoms with Crippen LogP contribution >= 0.6 is 0 Å². The van der Waals surface area contributed by atoms with Crippen LogP contribution in [-0.4, -0.2) is 106 Å². The first kappa shape index (κ1) is 25.8. The van der Waals surface area contributed by atoms with Crippen LogP contribution < -0.4 is 30.9 Å². The van der Waals surface area contributed by atoms with Crippen LogP contribution in [0.2, 0.25) is 0 Å². The fraction of sp³-hybridized carbons (Fsp3) is 0.667. The molecule has 0 radical (unpaired) electrons. The molecule has 5 unspecified atom stereocenters. The van der Waals surface area contributed by atoms with Gasteiger partial charge in [0, 0.05) is 44.5 Å². The van der Waals surface area contributed by atoms with E-state index in [4.69, 9.17) is 9.47 Å². The van der Waals surface area contributed by atoms with Crippen molar-refractivity contribution in [3.8, 4) is 5.75 Å². The first-order chi connectivity index (χ1) is 18.6. The molecule has 5 aliphatic heterocycles. The van der Waals surface area contributed by atoms with Crippen molar-refractivity contribution in [3.63, 3.8) is 0 Å². The summed E-state index contributed by atoms with van der Waals surface area (Å²) in [7, 11) is 3.90. The number of hydrogen-bond donors (Lipinski definition) is 4. The highest BCUT2D eigenvalue weighted by atomic mass is 16.5. The molecule has 11 nitrogen and oxygen atoms in total. The van der Waals surface area contributed by atoms with E-state index in [1.165, 1.54) is 0 Å². The van der Waals surface area contributed by atoms with Gasteiger partial charge in [0.25, 0.3) is 0 Å². The lowest BCUT2D eigenvalue weighted by molar-refractivity contribution is -0.148. The first-order valence-electron chi connectivity index (χ1n) is 14.1. The lowest BCUT2D eigenvalue weighted by Crippen LogP contribution is -2.68. The molecule has 5 atom stereocenters. The Kier molecular flexibility index (Phi) is 7.73. The Morgan fingerprint density at radius 2 is 1.97 bits per heavy atom. The van der Waals surface area contributed by atoms with E-state index in [-0.39, 0.29) is 36.7 Å². The van der Waals surface area contributed by atoms with E-state index < -0.39 is 0 Å². The quantitative estimate of drug-likeness (QED) is 0.421. The molecule has 38 heavy (non-hydrogen) atoms. The number of likely N-dealkylation sites (N-methyl/N-ethyl adjacent to an activating group) is 1. The Hall–Kier alpha value is -2.41. The number of hydrazine groups is 1. The van der Waals surface area contributed by atoms with E-state index in [1.54, 1.807) is 7.11 Å². The monoisotopic (exact) mass is 526 g/mol. The van der Waals surface area contributed by atoms with Gasteiger partial charge < -0.3 is 24.6 Å². The summed E-state index contributed by atoms with van der Waals surface area (Å²) >= 11 is 0. The van der Waals surface area contributed by atoms with Gasteiger partial charge in [0.05, 0.1) is 44.2 Å². The molecule has 0 aliphatic carbocycles. The van der Waals surface area contributed by atoms with Crippen molar-refractivity contribution in [2.45, 2.75) is 50.5 Å². The van der Waals surface area contributed by atoms with Gasteiger partial charge in [0.15, 0.2) is 0 Å². The molecule has 1 amide bonds. The highest BCUT2D eigenvalue weighted by Crippen LogP contribution is 2.34. The number of piperidine rings is 1. The zero-order valence-electron chi connectivity index (χ0n) is 22.6. The Morgan fingerprint density at radius 3 is 2.82 bits per heavy atom. The molecule has 0 spiro atoms. The van der Waals surface area contributed by atoms with Crippen molar-refractivity contribution in [3.05, 3.63) is 30.4 Å². The van der Waals surface area contributed by atoms with Gasteiger partial charge in [-0.15, -0.1) is 0 Å². The number of benzene rings is 1. The van der Waals surface area contributed by atoms with Crippen molar-refractivity contribution in [2.75, 3.05) is 70.2 Å². The number of rotatable bonds is 4. The summed E-state index contributed by atoms with van der Waals surface area (Å²) in [5.41, 5.74) is 2.10. The first-order valence-corrected chi connectivity index (χ1v) is 14.1. The number of carbonyl (C=O) groups is 1. The predicted octanol–water partition coefficient (Wildman–Crippen LogP) is 0.739. The van der Waals surface area contributed by atoms with E-state index in [1.807, 2.05) is 5.01 Å². The van der Waals surface area contributed by atoms with Crippen LogP contribution in [0.5, 0.6) is 5.75 Å². The number of amides is 1. The van der Waals surface area contributed by atoms with Crippen LogP contribution in [0.4, 0.5) is 11.4 Å². The zero-order valence-corrected chi connectivity index (χ0v) is 22.6. The van der Waals surface area contributed by atoms with E-state index in [2.05, 4.69) is 73.5 Å². The highest BCUT2D eigenvalue weighted by molar-refractivity contribution is 5.82. The van der Waals surface area contributed by atoms with Gasteiger partial charge in [-0.1, -0.05) is 12.2 Å². The molecule has 1 aromatic rings. The third-order valence-electron chi connectivity index (χ3n) is 8.42. The van der Waals surface area contributed by atoms with Crippen LogP contribution in [0.1, 0.15) is 25.7 Å². The summed E-state index contributed by atoms with van der Waals surface area (Å²) < 4.78 is 11.9. The van der Waals surface area contributed by atoms with Gasteiger partial charge in [0.2, 0.25) is 5.91 Å². The molecule has 4 fully saturated rings. The minimum atomic E-state index is -0.187. The van der Waals surface area contributed by atoms with Crippen molar-refractivity contribution in [1.29, 1.82) is 0 Å². The summed E-state index contributed by atoms with van der Waals surface area (Å²) in [4.78, 5) is 18.2. The number of fused-ring (bicyclic) bond motifs is 6. The van der Waals surface area contributed by atoms with Gasteiger partial charge in [0.1, 0.15) is 18.3 Å². The van der Waals surface area contributed by atoms with Crippen LogP contribution in [0.15, 0.2) is 30.4 Å². The molecule has 2 bridgehead atoms. The number of methoxy groups -OCH3 is 1. The number of nitrogens with zero attached hydrogens (tertiary/aromatic N) is 4. The average Bonchev–Trinajstić information content (AvgIpc) is 3.20. The standard InChI is InChI=1S/C27H42N8O3/c1-32-12-14-33(15-13-32)21-10-9-19(17-22(21)37-2)29-27-28-18-20-25(31-27)35-23-7-6-8-24(30-23)38-16-5-3-4-11-34(35)26(20)36/h3-4,9-10,17,20,23-25,27-31H,5-8,11-16,18H2,1-2H3/b4-3-. The van der Waals surface area contributed by atoms with Gasteiger partial charge in [-0.3, -0.25) is 25.8 Å². The number of carbonyl (C=O) groups excluding carboxylic acids is 1. The third-order valence-corrected chi connectivity index (χ3v) is 8.42. The molecule has 5 heterocycles. The lowest BCUT2D eigenvalue weighted by Gasteiger charge is -2.44. The average molecular weight is 527 g/mol. The molecule has 208 valence electrons. The summed E-state index contributed by atoms with van der Waals surface area (Å²) in [6.45, 7) is 5.97. The van der Waals surface area contributed by atoms with Crippen molar-refractivity contribution in [2.24, 2.45) is 5.92 Å². The van der Waals surface area contributed by atoms with Crippen molar-refractivity contribution >= 4 is 17.3 Å². The van der Waals surface area contributed by atoms with Gasteiger partial charge in [-0.25, -0.2) is 0 Å². The van der Waals surface area contributed by atoms with Crippen LogP contribution in [0.3, 0.4) is 0 Å². The SMILES string of the molecule is COc1cc(NC2NCC3C(=O)N4C/C=C\CCOC5CCCC(N5)N4C3N2)ccc1N1CCN(C)CC1. The summed E-state index contributed by atoms with van der Waals surface area (Å²) in [6.07, 6.45) is 7.91. The van der Waals surface area contributed by atoms with E-state index in [9.17, 15) is 4.79 Å². The van der Waals surface area contributed by atoms with Gasteiger partial charge >= 0.3 is 0 Å². The van der Waals surface area contributed by atoms with E-state index in [0.717, 1.165) is 69.0 Å². The second kappa shape index (κ2) is 11.4. The number of anilines is 2. The maximum absolute atomic E-state index is 13.5. The van der Waals surface area contributed by atoms with Gasteiger partial charge in [-0.05, 0) is 44.9 Å². The molecule has 6 rings (SSSR count). The molecule has 1 aromatic carbocycles. The molecule has 0 saturated carbocycles. The fourth-order valence-corrected chi connectivity index (χ4v) is 6.31. The maximum Gasteiger partial charge on any atom is 0.244 e. The lowest BCUT2D eigenvalue weighted by atomic mass is 10.0. The molecule has 11 heteroatoms. The Labute approximate surface area is 225 Å². The largest absolute Gasteiger partial charge is 0.495 e. The second-order valence-electron chi connectivity index (χ2n) is 10.9. The maximum atomic E-state index is 13.5. The Morgan fingerprint density at radius 1 is 1.11 bits per heavy atom. The Bertz CT molecular complexity index is 1020. The molecule has 4 saturated heterocycles. The highest BCUT2D eigenvalue weighted by Gasteiger charge is 2.52. The van der Waals surface area contributed by atoms with Gasteiger partial charge in [-0.2, -0.15) is 5.01 Å². The zero-order chi connectivity index (χ0) is 26.1. The third kappa shape index (κ3) is 5.23. The molecule has 4 N–H and O–H groups in total. The minimum absolute atomic E-state index is 0.0261. The minimum Gasteiger partial charge on any atom is -0.495 e. The van der Waals surface area contributed by atoms with Crippen molar-refractivity contribution < 1.29 is 14.3 Å². The number of hydrogen-bond acceptors (Lipinski definition) is 10. The Balaban J connectivity index is 1.18. The number of ether oxygens (including phenoxy) is 2.